The van der Waals surface area contributed by atoms with Gasteiger partial charge in [0.05, 0.1) is 12.0 Å². The van der Waals surface area contributed by atoms with Gasteiger partial charge in [-0.25, -0.2) is 8.42 Å². The molecule has 0 fully saturated rings. The molecule has 0 radical (unpaired) electrons. The van der Waals surface area contributed by atoms with Crippen LogP contribution in [0.1, 0.15) is 5.56 Å². The second-order valence-corrected chi connectivity index (χ2v) is 5.33. The smallest absolute Gasteiger partial charge is 0.329 e. The Morgan fingerprint density at radius 3 is 2.47 bits per heavy atom. The summed E-state index contributed by atoms with van der Waals surface area (Å²) in [5, 5.41) is 19.6. The van der Waals surface area contributed by atoms with E-state index in [-0.39, 0.29) is 5.75 Å². The zero-order chi connectivity index (χ0) is 13.2. The van der Waals surface area contributed by atoms with E-state index in [9.17, 15) is 18.5 Å². The molecule has 0 unspecified atom stereocenters. The van der Waals surface area contributed by atoms with Crippen molar-refractivity contribution >= 4 is 25.4 Å². The fourth-order valence-corrected chi connectivity index (χ4v) is 2.21. The fraction of sp³-hybridized carbons (Fsp3) is 0.125. The Bertz CT molecular complexity index is 620. The summed E-state index contributed by atoms with van der Waals surface area (Å²) in [5.41, 5.74) is -1.37. The molecular formula is C8H5ClN2O5S. The van der Waals surface area contributed by atoms with Crippen LogP contribution in [0.15, 0.2) is 17.0 Å². The van der Waals surface area contributed by atoms with Crippen molar-refractivity contribution in [2.75, 3.05) is 7.11 Å². The lowest BCUT2D eigenvalue weighted by atomic mass is 10.2. The molecule has 0 saturated heterocycles. The minimum atomic E-state index is -4.24. The molecule has 90 valence electrons. The highest BCUT2D eigenvalue weighted by atomic mass is 35.7. The molecule has 0 aromatic heterocycles. The predicted octanol–water partition coefficient (Wildman–Crippen LogP) is 1.40. The fourth-order valence-electron chi connectivity index (χ4n) is 1.21. The van der Waals surface area contributed by atoms with Crippen LogP contribution in [-0.4, -0.2) is 20.5 Å². The van der Waals surface area contributed by atoms with E-state index in [4.69, 9.17) is 15.9 Å². The van der Waals surface area contributed by atoms with Gasteiger partial charge in [0.25, 0.3) is 9.05 Å². The third-order valence-electron chi connectivity index (χ3n) is 1.88. The number of hydrogen-bond donors (Lipinski definition) is 0. The number of hydrogen-bond acceptors (Lipinski definition) is 6. The van der Waals surface area contributed by atoms with Crippen LogP contribution in [0.25, 0.3) is 0 Å². The summed E-state index contributed by atoms with van der Waals surface area (Å²) in [7, 11) is 2.00. The quantitative estimate of drug-likeness (QED) is 0.469. The maximum Gasteiger partial charge on any atom is 0.329 e. The van der Waals surface area contributed by atoms with Gasteiger partial charge in [-0.2, -0.15) is 5.26 Å². The zero-order valence-electron chi connectivity index (χ0n) is 8.38. The number of nitrogens with zero attached hydrogens (tertiary/aromatic N) is 2. The lowest BCUT2D eigenvalue weighted by Gasteiger charge is -2.05. The van der Waals surface area contributed by atoms with E-state index < -0.39 is 30.1 Å². The molecule has 17 heavy (non-hydrogen) atoms. The van der Waals surface area contributed by atoms with Gasteiger partial charge in [0.1, 0.15) is 11.0 Å². The van der Waals surface area contributed by atoms with Gasteiger partial charge in [-0.3, -0.25) is 10.1 Å². The average Bonchev–Trinajstić information content (AvgIpc) is 2.25. The first kappa shape index (κ1) is 13.2. The largest absolute Gasteiger partial charge is 0.490 e. The van der Waals surface area contributed by atoms with Crippen LogP contribution in [0.3, 0.4) is 0 Å². The van der Waals surface area contributed by atoms with E-state index in [1.165, 1.54) is 13.2 Å². The number of benzene rings is 1. The van der Waals surface area contributed by atoms with E-state index >= 15 is 0 Å². The van der Waals surface area contributed by atoms with Gasteiger partial charge in [0, 0.05) is 10.7 Å². The molecule has 0 amide bonds. The van der Waals surface area contributed by atoms with Gasteiger partial charge in [0.15, 0.2) is 11.3 Å². The lowest BCUT2D eigenvalue weighted by molar-refractivity contribution is -0.386. The average molecular weight is 277 g/mol. The maximum atomic E-state index is 11.1. The Kier molecular flexibility index (Phi) is 3.55. The molecule has 0 heterocycles. The number of ether oxygens (including phenoxy) is 1. The number of methoxy groups -OCH3 is 1. The summed E-state index contributed by atoms with van der Waals surface area (Å²) in [6, 6.07) is 3.48. The van der Waals surface area contributed by atoms with E-state index in [1.54, 1.807) is 0 Å². The van der Waals surface area contributed by atoms with Crippen LogP contribution >= 0.6 is 10.7 Å². The molecule has 9 heteroatoms. The maximum absolute atomic E-state index is 11.1. The molecule has 0 saturated carbocycles. The minimum absolute atomic E-state index is 0.212. The predicted molar refractivity (Wildman–Crippen MR) is 57.4 cm³/mol. The van der Waals surface area contributed by atoms with E-state index in [2.05, 4.69) is 4.74 Å². The topological polar surface area (TPSA) is 110 Å². The summed E-state index contributed by atoms with van der Waals surface area (Å²) in [6.07, 6.45) is 0. The van der Waals surface area contributed by atoms with Gasteiger partial charge in [0.2, 0.25) is 0 Å². The molecule has 1 aromatic rings. The molecule has 0 atom stereocenters. The Morgan fingerprint density at radius 1 is 1.53 bits per heavy atom. The molecule has 0 bridgehead atoms. The zero-order valence-corrected chi connectivity index (χ0v) is 9.95. The highest BCUT2D eigenvalue weighted by molar-refractivity contribution is 8.13. The van der Waals surface area contributed by atoms with Crippen molar-refractivity contribution in [2.45, 2.75) is 4.90 Å². The number of rotatable bonds is 3. The Morgan fingerprint density at radius 2 is 2.12 bits per heavy atom. The van der Waals surface area contributed by atoms with E-state index in [0.717, 1.165) is 12.1 Å². The highest BCUT2D eigenvalue weighted by Gasteiger charge is 2.29. The summed E-state index contributed by atoms with van der Waals surface area (Å²) in [4.78, 5) is 9.26. The Hall–Kier alpha value is -1.85. The van der Waals surface area contributed by atoms with Crippen LogP contribution in [0.4, 0.5) is 5.69 Å². The number of nitriles is 1. The van der Waals surface area contributed by atoms with Gasteiger partial charge in [-0.1, -0.05) is 0 Å². The van der Waals surface area contributed by atoms with Crippen molar-refractivity contribution in [3.63, 3.8) is 0 Å². The van der Waals surface area contributed by atoms with Gasteiger partial charge >= 0.3 is 5.69 Å². The molecule has 0 aliphatic carbocycles. The van der Waals surface area contributed by atoms with Crippen molar-refractivity contribution in [3.05, 3.63) is 27.8 Å². The van der Waals surface area contributed by atoms with Crippen LogP contribution in [0, 0.1) is 21.4 Å². The van der Waals surface area contributed by atoms with Crippen molar-refractivity contribution in [1.29, 1.82) is 5.26 Å². The number of nitro benzene ring substituents is 1. The Labute approximate surface area is 101 Å². The molecule has 7 nitrogen and oxygen atoms in total. The minimum Gasteiger partial charge on any atom is -0.490 e. The van der Waals surface area contributed by atoms with Crippen molar-refractivity contribution in [1.82, 2.24) is 0 Å². The van der Waals surface area contributed by atoms with Crippen LogP contribution in [0.2, 0.25) is 0 Å². The first-order valence-electron chi connectivity index (χ1n) is 4.03. The normalized spacial score (nSPS) is 10.6. The monoisotopic (exact) mass is 276 g/mol. The van der Waals surface area contributed by atoms with Crippen LogP contribution < -0.4 is 4.74 Å². The molecular weight excluding hydrogens is 272 g/mol. The highest BCUT2D eigenvalue weighted by Crippen LogP contribution is 2.35. The van der Waals surface area contributed by atoms with Gasteiger partial charge in [-0.15, -0.1) is 0 Å². The summed E-state index contributed by atoms with van der Waals surface area (Å²) in [6.45, 7) is 0. The molecule has 1 rings (SSSR count). The third-order valence-corrected chi connectivity index (χ3v) is 3.24. The summed E-state index contributed by atoms with van der Waals surface area (Å²) in [5.74, 6) is -0.212. The first-order valence-corrected chi connectivity index (χ1v) is 6.34. The first-order chi connectivity index (χ1) is 7.82. The molecule has 0 aliphatic rings. The van der Waals surface area contributed by atoms with Crippen LogP contribution in [-0.2, 0) is 9.05 Å². The molecule has 1 aromatic carbocycles. The second kappa shape index (κ2) is 4.57. The third kappa shape index (κ3) is 2.46. The van der Waals surface area contributed by atoms with Gasteiger partial charge < -0.3 is 4.74 Å². The number of nitro groups is 1. The van der Waals surface area contributed by atoms with E-state index in [0.29, 0.717) is 0 Å². The van der Waals surface area contributed by atoms with Gasteiger partial charge in [-0.05, 0) is 12.1 Å². The van der Waals surface area contributed by atoms with Crippen molar-refractivity contribution in [2.24, 2.45) is 0 Å². The second-order valence-electron chi connectivity index (χ2n) is 2.80. The van der Waals surface area contributed by atoms with E-state index in [1.807, 2.05) is 0 Å². The molecule has 0 spiro atoms. The van der Waals surface area contributed by atoms with Crippen LogP contribution in [0.5, 0.6) is 5.75 Å². The molecule has 0 N–H and O–H groups in total. The summed E-state index contributed by atoms with van der Waals surface area (Å²) < 4.78 is 27.0. The van der Waals surface area contributed by atoms with Crippen molar-refractivity contribution < 1.29 is 18.1 Å². The lowest BCUT2D eigenvalue weighted by Crippen LogP contribution is -2.02. The number of halogens is 1. The molecule has 0 aliphatic heterocycles. The van der Waals surface area contributed by atoms with Crippen molar-refractivity contribution in [3.8, 4) is 11.8 Å². The Balaban J connectivity index is 3.79. The standard InChI is InChI=1S/C8H5ClN2O5S/c1-16-6-2-3-7(17(9,14)15)5(4-10)8(6)11(12)13/h2-3H,1H3. The SMILES string of the molecule is COc1ccc(S(=O)(=O)Cl)c(C#N)c1[N+](=O)[O-]. The summed E-state index contributed by atoms with van der Waals surface area (Å²) >= 11 is 0.